The van der Waals surface area contributed by atoms with E-state index in [0.29, 0.717) is 4.75 Å². The third-order valence-electron chi connectivity index (χ3n) is 1.99. The molecule has 0 aliphatic heterocycles. The molecule has 0 saturated heterocycles. The Kier molecular flexibility index (Phi) is 1.57. The average molecular weight is 207 g/mol. The normalized spacial score (nSPS) is 30.3. The zero-order valence-electron chi connectivity index (χ0n) is 5.40. The number of hydrogen-bond donors (Lipinski definition) is 0. The molecule has 0 heterocycles. The summed E-state index contributed by atoms with van der Waals surface area (Å²) in [7, 11) is 0. The summed E-state index contributed by atoms with van der Waals surface area (Å²) in [5.74, 6) is 0. The molecule has 52 valence electrons. The molecule has 0 aromatic carbocycles. The molecule has 9 heavy (non-hydrogen) atoms. The largest absolute Gasteiger partial charge is 0.151 e. The summed E-state index contributed by atoms with van der Waals surface area (Å²) < 4.78 is 0.709. The number of alkyl halides is 1. The minimum atomic E-state index is 0.709. The summed E-state index contributed by atoms with van der Waals surface area (Å²) in [5, 5.41) is 2.27. The number of rotatable bonds is 3. The molecule has 0 radical (unpaired) electrons. The van der Waals surface area contributed by atoms with Gasteiger partial charge in [-0.05, 0) is 25.7 Å². The van der Waals surface area contributed by atoms with Crippen molar-refractivity contribution in [3.8, 4) is 0 Å². The lowest BCUT2D eigenvalue weighted by molar-refractivity contribution is 1.08. The molecular formula is C7H11BrS. The maximum absolute atomic E-state index is 3.57. The molecule has 0 spiro atoms. The Morgan fingerprint density at radius 1 is 1.44 bits per heavy atom. The van der Waals surface area contributed by atoms with Crippen molar-refractivity contribution in [2.45, 2.75) is 35.7 Å². The van der Waals surface area contributed by atoms with Crippen molar-refractivity contribution in [2.24, 2.45) is 0 Å². The van der Waals surface area contributed by atoms with Gasteiger partial charge >= 0.3 is 0 Å². The van der Waals surface area contributed by atoms with Crippen LogP contribution in [0.1, 0.15) is 25.7 Å². The van der Waals surface area contributed by atoms with Crippen LogP contribution in [0.15, 0.2) is 0 Å². The Labute approximate surface area is 68.9 Å². The topological polar surface area (TPSA) is 0 Å². The average Bonchev–Trinajstić information content (AvgIpc) is 2.68. The van der Waals surface area contributed by atoms with E-state index in [1.165, 1.54) is 31.0 Å². The first kappa shape index (κ1) is 6.53. The van der Waals surface area contributed by atoms with Gasteiger partial charge in [0.15, 0.2) is 0 Å². The second-order valence-electron chi connectivity index (χ2n) is 3.13. The molecule has 2 aliphatic rings. The second-order valence-corrected chi connectivity index (χ2v) is 5.46. The van der Waals surface area contributed by atoms with Gasteiger partial charge in [-0.1, -0.05) is 15.9 Å². The maximum atomic E-state index is 3.57. The highest BCUT2D eigenvalue weighted by Gasteiger charge is 2.46. The first-order valence-electron chi connectivity index (χ1n) is 3.58. The van der Waals surface area contributed by atoms with Crippen LogP contribution in [0.5, 0.6) is 0 Å². The van der Waals surface area contributed by atoms with Crippen LogP contribution in [-0.2, 0) is 0 Å². The van der Waals surface area contributed by atoms with Crippen LogP contribution in [0, 0.1) is 0 Å². The van der Waals surface area contributed by atoms with Crippen LogP contribution in [0.2, 0.25) is 0 Å². The Hall–Kier alpha value is 0.830. The molecule has 2 aliphatic carbocycles. The lowest BCUT2D eigenvalue weighted by atomic mass is 10.5. The summed E-state index contributed by atoms with van der Waals surface area (Å²) in [6.07, 6.45) is 5.89. The van der Waals surface area contributed by atoms with Gasteiger partial charge < -0.3 is 0 Å². The second kappa shape index (κ2) is 2.16. The molecule has 2 heteroatoms. The van der Waals surface area contributed by atoms with Crippen LogP contribution in [0.25, 0.3) is 0 Å². The molecule has 2 rings (SSSR count). The Morgan fingerprint density at radius 3 is 2.44 bits per heavy atom. The molecule has 0 unspecified atom stereocenters. The van der Waals surface area contributed by atoms with Crippen molar-refractivity contribution in [3.63, 3.8) is 0 Å². The van der Waals surface area contributed by atoms with Crippen LogP contribution in [0.3, 0.4) is 0 Å². The van der Waals surface area contributed by atoms with Gasteiger partial charge in [-0.25, -0.2) is 0 Å². The van der Waals surface area contributed by atoms with Crippen molar-refractivity contribution in [1.29, 1.82) is 0 Å². The predicted molar refractivity (Wildman–Crippen MR) is 46.4 cm³/mol. The van der Waals surface area contributed by atoms with Crippen LogP contribution in [-0.4, -0.2) is 15.3 Å². The van der Waals surface area contributed by atoms with E-state index in [1.807, 2.05) is 0 Å². The van der Waals surface area contributed by atoms with Crippen molar-refractivity contribution >= 4 is 27.7 Å². The Morgan fingerprint density at radius 2 is 2.11 bits per heavy atom. The Balaban J connectivity index is 1.81. The van der Waals surface area contributed by atoms with Gasteiger partial charge in [0.1, 0.15) is 0 Å². The third-order valence-corrected chi connectivity index (χ3v) is 5.29. The lowest BCUT2D eigenvalue weighted by Crippen LogP contribution is -2.04. The van der Waals surface area contributed by atoms with E-state index in [9.17, 15) is 0 Å². The molecule has 0 atom stereocenters. The van der Waals surface area contributed by atoms with E-state index in [0.717, 1.165) is 5.25 Å². The SMILES string of the molecule is BrCC1(SC2CC2)CC1. The van der Waals surface area contributed by atoms with Gasteiger partial charge in [-0.2, -0.15) is 11.8 Å². The number of halogens is 1. The van der Waals surface area contributed by atoms with E-state index < -0.39 is 0 Å². The smallest absolute Gasteiger partial charge is 0.0260 e. The highest BCUT2D eigenvalue weighted by Crippen LogP contribution is 2.55. The van der Waals surface area contributed by atoms with Gasteiger partial charge in [0.25, 0.3) is 0 Å². The molecule has 2 saturated carbocycles. The van der Waals surface area contributed by atoms with E-state index >= 15 is 0 Å². The summed E-state index contributed by atoms with van der Waals surface area (Å²) in [6.45, 7) is 0. The van der Waals surface area contributed by atoms with E-state index in [-0.39, 0.29) is 0 Å². The summed E-state index contributed by atoms with van der Waals surface area (Å²) in [6, 6.07) is 0. The summed E-state index contributed by atoms with van der Waals surface area (Å²) in [4.78, 5) is 0. The molecule has 0 N–H and O–H groups in total. The van der Waals surface area contributed by atoms with Gasteiger partial charge in [0.2, 0.25) is 0 Å². The van der Waals surface area contributed by atoms with Gasteiger partial charge in [-0.3, -0.25) is 0 Å². The first-order chi connectivity index (χ1) is 4.35. The van der Waals surface area contributed by atoms with Crippen LogP contribution >= 0.6 is 27.7 Å². The monoisotopic (exact) mass is 206 g/mol. The van der Waals surface area contributed by atoms with Crippen molar-refractivity contribution in [3.05, 3.63) is 0 Å². The highest BCUT2D eigenvalue weighted by molar-refractivity contribution is 9.09. The van der Waals surface area contributed by atoms with Gasteiger partial charge in [0.05, 0.1) is 0 Å². The molecule has 0 aromatic heterocycles. The van der Waals surface area contributed by atoms with E-state index in [2.05, 4.69) is 27.7 Å². The maximum Gasteiger partial charge on any atom is 0.0260 e. The number of thioether (sulfide) groups is 1. The number of hydrogen-bond acceptors (Lipinski definition) is 1. The molecule has 0 amide bonds. The van der Waals surface area contributed by atoms with Crippen LogP contribution in [0.4, 0.5) is 0 Å². The van der Waals surface area contributed by atoms with Gasteiger partial charge in [0, 0.05) is 15.3 Å². The molecule has 2 fully saturated rings. The molecular weight excluding hydrogens is 196 g/mol. The fourth-order valence-electron chi connectivity index (χ4n) is 0.962. The minimum absolute atomic E-state index is 0.709. The Bertz CT molecular complexity index is 116. The standard InChI is InChI=1S/C7H11BrS/c8-5-7(3-4-7)9-6-1-2-6/h6H,1-5H2. The molecule has 0 nitrogen and oxygen atoms in total. The fraction of sp³-hybridized carbons (Fsp3) is 1.00. The van der Waals surface area contributed by atoms with Gasteiger partial charge in [-0.15, -0.1) is 0 Å². The highest BCUT2D eigenvalue weighted by atomic mass is 79.9. The van der Waals surface area contributed by atoms with Crippen molar-refractivity contribution in [2.75, 3.05) is 5.33 Å². The molecule has 0 bridgehead atoms. The fourth-order valence-corrected chi connectivity index (χ4v) is 3.40. The van der Waals surface area contributed by atoms with E-state index in [4.69, 9.17) is 0 Å². The summed E-state index contributed by atoms with van der Waals surface area (Å²) in [5.41, 5.74) is 0. The van der Waals surface area contributed by atoms with Crippen molar-refractivity contribution in [1.82, 2.24) is 0 Å². The quantitative estimate of drug-likeness (QED) is 0.641. The van der Waals surface area contributed by atoms with E-state index in [1.54, 1.807) is 0 Å². The zero-order chi connectivity index (χ0) is 6.32. The van der Waals surface area contributed by atoms with Crippen molar-refractivity contribution < 1.29 is 0 Å². The lowest BCUT2D eigenvalue weighted by Gasteiger charge is -2.08. The van der Waals surface area contributed by atoms with Crippen LogP contribution < -0.4 is 0 Å². The summed E-state index contributed by atoms with van der Waals surface area (Å²) >= 11 is 5.80. The minimum Gasteiger partial charge on any atom is -0.151 e. The molecule has 0 aromatic rings. The first-order valence-corrected chi connectivity index (χ1v) is 5.59. The zero-order valence-corrected chi connectivity index (χ0v) is 7.80. The predicted octanol–water partition coefficient (Wildman–Crippen LogP) is 2.81. The third kappa shape index (κ3) is 1.45.